The largest absolute Gasteiger partial charge is 0.336 e. The third-order valence-electron chi connectivity index (χ3n) is 7.23. The van der Waals surface area contributed by atoms with E-state index in [2.05, 4.69) is 12.2 Å². The van der Waals surface area contributed by atoms with Crippen molar-refractivity contribution in [3.05, 3.63) is 85.1 Å². The van der Waals surface area contributed by atoms with E-state index in [1.165, 1.54) is 11.3 Å². The molecule has 3 aromatic rings. The van der Waals surface area contributed by atoms with Crippen molar-refractivity contribution in [1.29, 1.82) is 0 Å². The Balaban J connectivity index is 1.76. The molecule has 1 fully saturated rings. The minimum Gasteiger partial charge on any atom is -0.336 e. The van der Waals surface area contributed by atoms with E-state index in [0.717, 1.165) is 48.5 Å². The summed E-state index contributed by atoms with van der Waals surface area (Å²) in [4.78, 5) is 35.2. The summed E-state index contributed by atoms with van der Waals surface area (Å²) in [6, 6.07) is 9.19. The molecule has 2 aromatic heterocycles. The molecule has 0 bridgehead atoms. The molecule has 6 nitrogen and oxygen atoms in total. The van der Waals surface area contributed by atoms with E-state index in [4.69, 9.17) is 28.2 Å². The highest BCUT2D eigenvalue weighted by Gasteiger charge is 2.29. The van der Waals surface area contributed by atoms with Crippen LogP contribution in [0.3, 0.4) is 0 Å². The second kappa shape index (κ2) is 12.3. The van der Waals surface area contributed by atoms with Gasteiger partial charge in [0.1, 0.15) is 5.01 Å². The maximum Gasteiger partial charge on any atom is 0.265 e. The van der Waals surface area contributed by atoms with Crippen molar-refractivity contribution in [2.45, 2.75) is 33.6 Å². The van der Waals surface area contributed by atoms with E-state index in [1.54, 1.807) is 10.6 Å². The molecule has 1 unspecified atom stereocenters. The highest BCUT2D eigenvalue weighted by molar-refractivity contribution is 7.13. The number of aromatic nitrogens is 2. The van der Waals surface area contributed by atoms with Gasteiger partial charge in [-0.25, -0.2) is 4.98 Å². The molecule has 0 radical (unpaired) electrons. The summed E-state index contributed by atoms with van der Waals surface area (Å²) in [5.41, 5.74) is 4.71. The van der Waals surface area contributed by atoms with Crippen LogP contribution >= 0.6 is 34.5 Å². The van der Waals surface area contributed by atoms with Crippen molar-refractivity contribution in [3.8, 4) is 21.8 Å². The minimum atomic E-state index is -0.211. The zero-order valence-electron chi connectivity index (χ0n) is 22.8. The van der Waals surface area contributed by atoms with Crippen LogP contribution in [-0.2, 0) is 0 Å². The number of pyridine rings is 1. The second-order valence-corrected chi connectivity index (χ2v) is 12.0. The minimum absolute atomic E-state index is 0.0859. The van der Waals surface area contributed by atoms with Gasteiger partial charge in [0.05, 0.1) is 22.5 Å². The lowest BCUT2D eigenvalue weighted by Crippen LogP contribution is -2.47. The molecule has 208 valence electrons. The van der Waals surface area contributed by atoms with Crippen LogP contribution < -0.4 is 10.9 Å². The smallest absolute Gasteiger partial charge is 0.265 e. The number of benzene rings is 1. The first kappa shape index (κ1) is 28.6. The highest BCUT2D eigenvalue weighted by Crippen LogP contribution is 2.35. The van der Waals surface area contributed by atoms with Crippen LogP contribution in [0, 0.1) is 5.92 Å². The Bertz CT molecular complexity index is 1570. The lowest BCUT2D eigenvalue weighted by Gasteiger charge is -2.30. The van der Waals surface area contributed by atoms with Gasteiger partial charge in [-0.15, -0.1) is 11.3 Å². The van der Waals surface area contributed by atoms with Gasteiger partial charge in [0.25, 0.3) is 11.5 Å². The molecule has 1 amide bonds. The fraction of sp³-hybridized carbons (Fsp3) is 0.323. The number of amides is 1. The molecule has 1 aromatic carbocycles. The summed E-state index contributed by atoms with van der Waals surface area (Å²) in [5.74, 6) is -0.00704. The number of allylic oxidation sites excluding steroid dienone is 5. The maximum atomic E-state index is 14.4. The number of carbonyl (C=O) groups is 1. The van der Waals surface area contributed by atoms with Gasteiger partial charge in [-0.3, -0.25) is 14.2 Å². The third kappa shape index (κ3) is 5.88. The standard InChI is InChI=1S/C31H32Cl2N4O2S/c1-4-20-5-10-23(33)16-27(20)37-28(15-19(2)3)24(30(38)36-13-11-34-12-14-36)17-25(31(37)39)29-35-26(18-40-29)21-6-8-22(32)9-7-21/h6-10,15-18,20,34H,4-5,11-14H2,1-3H3. The van der Waals surface area contributed by atoms with Crippen LogP contribution in [0.15, 0.2) is 63.3 Å². The number of rotatable bonds is 6. The highest BCUT2D eigenvalue weighted by atomic mass is 35.5. The zero-order chi connectivity index (χ0) is 28.4. The average molecular weight is 596 g/mol. The monoisotopic (exact) mass is 594 g/mol. The Morgan fingerprint density at radius 1 is 1.18 bits per heavy atom. The number of carbonyl (C=O) groups excluding carboxylic acids is 1. The van der Waals surface area contributed by atoms with Crippen molar-refractivity contribution >= 4 is 52.2 Å². The molecule has 1 aliphatic carbocycles. The first-order valence-electron chi connectivity index (χ1n) is 13.5. The van der Waals surface area contributed by atoms with E-state index < -0.39 is 0 Å². The lowest BCUT2D eigenvalue weighted by molar-refractivity contribution is 0.0735. The van der Waals surface area contributed by atoms with E-state index in [0.29, 0.717) is 45.0 Å². The second-order valence-electron chi connectivity index (χ2n) is 10.3. The molecule has 40 heavy (non-hydrogen) atoms. The van der Waals surface area contributed by atoms with Gasteiger partial charge >= 0.3 is 0 Å². The van der Waals surface area contributed by atoms with Gasteiger partial charge in [0, 0.05) is 58.8 Å². The number of hydrogen-bond acceptors (Lipinski definition) is 5. The Morgan fingerprint density at radius 3 is 2.58 bits per heavy atom. The summed E-state index contributed by atoms with van der Waals surface area (Å²) in [6.45, 7) is 8.73. The first-order chi connectivity index (χ1) is 19.3. The average Bonchev–Trinajstić information content (AvgIpc) is 3.43. The molecule has 1 N–H and O–H groups in total. The molecular formula is C31H32Cl2N4O2S. The van der Waals surface area contributed by atoms with Crippen molar-refractivity contribution < 1.29 is 4.79 Å². The molecular weight excluding hydrogens is 563 g/mol. The van der Waals surface area contributed by atoms with Crippen LogP contribution in [0.4, 0.5) is 0 Å². The summed E-state index contributed by atoms with van der Waals surface area (Å²) < 4.78 is 1.71. The van der Waals surface area contributed by atoms with Crippen molar-refractivity contribution in [3.63, 3.8) is 0 Å². The Labute approximate surface area is 248 Å². The number of hydrogen-bond donors (Lipinski definition) is 1. The fourth-order valence-electron chi connectivity index (χ4n) is 5.13. The van der Waals surface area contributed by atoms with Crippen LogP contribution in [-0.4, -0.2) is 46.5 Å². The van der Waals surface area contributed by atoms with Crippen molar-refractivity contribution in [2.75, 3.05) is 26.2 Å². The quantitative estimate of drug-likeness (QED) is 0.329. The number of halogens is 2. The Morgan fingerprint density at radius 2 is 1.90 bits per heavy atom. The molecule has 1 atom stereocenters. The van der Waals surface area contributed by atoms with Gasteiger partial charge in [0.2, 0.25) is 0 Å². The summed E-state index contributed by atoms with van der Waals surface area (Å²) in [5, 5.41) is 7.04. The number of piperazine rings is 1. The zero-order valence-corrected chi connectivity index (χ0v) is 25.2. The molecule has 3 heterocycles. The van der Waals surface area contributed by atoms with Crippen LogP contribution in [0.1, 0.15) is 49.7 Å². The number of nitrogens with zero attached hydrogens (tertiary/aromatic N) is 3. The topological polar surface area (TPSA) is 67.2 Å². The number of thiazole rings is 1. The van der Waals surface area contributed by atoms with Crippen molar-refractivity contribution in [2.24, 2.45) is 5.92 Å². The molecule has 2 aliphatic rings. The lowest BCUT2D eigenvalue weighted by atomic mass is 9.92. The van der Waals surface area contributed by atoms with Gasteiger partial charge in [-0.1, -0.05) is 53.9 Å². The van der Waals surface area contributed by atoms with E-state index >= 15 is 0 Å². The maximum absolute atomic E-state index is 14.4. The Hall–Kier alpha value is -2.97. The third-order valence-corrected chi connectivity index (χ3v) is 8.62. The fourth-order valence-corrected chi connectivity index (χ4v) is 6.30. The van der Waals surface area contributed by atoms with Gasteiger partial charge < -0.3 is 10.2 Å². The number of nitrogens with one attached hydrogen (secondary N) is 1. The molecule has 0 saturated carbocycles. The SMILES string of the molecule is CCC1CC=C(Cl)C=C1n1c(C=C(C)C)c(C(=O)N2CCNCC2)cc(-c2nc(-c3ccc(Cl)cc3)cs2)c1=O. The van der Waals surface area contributed by atoms with E-state index in [9.17, 15) is 9.59 Å². The molecule has 1 aliphatic heterocycles. The van der Waals surface area contributed by atoms with Crippen LogP contribution in [0.5, 0.6) is 0 Å². The van der Waals surface area contributed by atoms with Gasteiger partial charge in [-0.05, 0) is 57.0 Å². The van der Waals surface area contributed by atoms with Gasteiger partial charge in [0.15, 0.2) is 0 Å². The van der Waals surface area contributed by atoms with E-state index in [1.807, 2.05) is 66.6 Å². The van der Waals surface area contributed by atoms with E-state index in [-0.39, 0.29) is 17.4 Å². The van der Waals surface area contributed by atoms with Crippen molar-refractivity contribution in [1.82, 2.24) is 19.8 Å². The molecule has 1 saturated heterocycles. The van der Waals surface area contributed by atoms with Crippen LogP contribution in [0.25, 0.3) is 33.6 Å². The molecule has 9 heteroatoms. The summed E-state index contributed by atoms with van der Waals surface area (Å²) >= 11 is 14.0. The molecule has 0 spiro atoms. The summed E-state index contributed by atoms with van der Waals surface area (Å²) in [7, 11) is 0. The Kier molecular flexibility index (Phi) is 8.76. The molecule has 5 rings (SSSR count). The normalized spacial score (nSPS) is 17.3. The van der Waals surface area contributed by atoms with Gasteiger partial charge in [-0.2, -0.15) is 0 Å². The first-order valence-corrected chi connectivity index (χ1v) is 15.1. The summed E-state index contributed by atoms with van der Waals surface area (Å²) in [6.07, 6.45) is 7.34. The van der Waals surface area contributed by atoms with Crippen LogP contribution in [0.2, 0.25) is 5.02 Å². The predicted molar refractivity (Wildman–Crippen MR) is 167 cm³/mol. The predicted octanol–water partition coefficient (Wildman–Crippen LogP) is 7.15.